The minimum atomic E-state index is -4.01. The minimum Gasteiger partial charge on any atom is -0.463 e. The van der Waals surface area contributed by atoms with Crippen molar-refractivity contribution in [2.75, 3.05) is 38.5 Å². The number of aryl methyl sites for hydroxylation is 1. The first-order valence-electron chi connectivity index (χ1n) is 13.9. The number of nitrogens with zero attached hydrogens (tertiary/aromatic N) is 2. The Balaban J connectivity index is 1.63. The van der Waals surface area contributed by atoms with Gasteiger partial charge in [-0.15, -0.1) is 0 Å². The van der Waals surface area contributed by atoms with Crippen LogP contribution in [0.3, 0.4) is 0 Å². The lowest BCUT2D eigenvalue weighted by atomic mass is 10.1. The summed E-state index contributed by atoms with van der Waals surface area (Å²) in [5.74, 6) is -0.388. The molecule has 1 atom stereocenters. The molecular formula is C28H40N2O9S. The number of carbonyl (C=O) groups excluding carboxylic acids is 2. The highest BCUT2D eigenvalue weighted by molar-refractivity contribution is 7.85. The number of esters is 1. The number of fused-ring (bicyclic) bond motifs is 1. The van der Waals surface area contributed by atoms with E-state index in [1.165, 1.54) is 17.0 Å². The van der Waals surface area contributed by atoms with Gasteiger partial charge in [0.15, 0.2) is 0 Å². The molecule has 1 aromatic carbocycles. The van der Waals surface area contributed by atoms with Gasteiger partial charge in [-0.05, 0) is 50.4 Å². The molecule has 12 heteroatoms. The molecule has 2 heterocycles. The van der Waals surface area contributed by atoms with E-state index in [-0.39, 0.29) is 24.1 Å². The Morgan fingerprint density at radius 3 is 2.60 bits per heavy atom. The number of rotatable bonds is 14. The number of benzene rings is 1. The molecule has 0 spiro atoms. The summed E-state index contributed by atoms with van der Waals surface area (Å²) < 4.78 is 47.4. The Labute approximate surface area is 235 Å². The summed E-state index contributed by atoms with van der Waals surface area (Å²) in [6.07, 6.45) is 5.64. The summed E-state index contributed by atoms with van der Waals surface area (Å²) in [4.78, 5) is 40.9. The molecule has 1 aliphatic heterocycles. The van der Waals surface area contributed by atoms with E-state index in [2.05, 4.69) is 11.8 Å². The van der Waals surface area contributed by atoms with E-state index in [4.69, 9.17) is 18.4 Å². The lowest BCUT2D eigenvalue weighted by molar-refractivity contribution is -0.146. The first kappa shape index (κ1) is 31.6. The molecule has 1 N–H and O–H groups in total. The van der Waals surface area contributed by atoms with E-state index in [0.717, 1.165) is 43.1 Å². The molecule has 1 amide bonds. The lowest BCUT2D eigenvalue weighted by Crippen LogP contribution is -2.57. The highest BCUT2D eigenvalue weighted by Crippen LogP contribution is 2.23. The second-order valence-corrected chi connectivity index (χ2v) is 11.8. The van der Waals surface area contributed by atoms with Gasteiger partial charge < -0.3 is 13.9 Å². The Morgan fingerprint density at radius 2 is 1.85 bits per heavy atom. The third-order valence-electron chi connectivity index (χ3n) is 6.98. The zero-order valence-corrected chi connectivity index (χ0v) is 24.1. The summed E-state index contributed by atoms with van der Waals surface area (Å²) in [5, 5.41) is 0.737. The van der Waals surface area contributed by atoms with Crippen LogP contribution in [-0.4, -0.2) is 79.4 Å². The number of piperazine rings is 1. The smallest absolute Gasteiger partial charge is 0.415 e. The molecule has 1 aromatic heterocycles. The van der Waals surface area contributed by atoms with Crippen molar-refractivity contribution >= 4 is 33.1 Å². The monoisotopic (exact) mass is 580 g/mol. The molecule has 3 rings (SSSR count). The maximum atomic E-state index is 13.2. The molecule has 1 saturated heterocycles. The zero-order chi connectivity index (χ0) is 29.1. The fraction of sp³-hybridized carbons (Fsp3) is 0.607. The van der Waals surface area contributed by atoms with E-state index in [9.17, 15) is 22.8 Å². The quantitative estimate of drug-likeness (QED) is 0.150. The van der Waals surface area contributed by atoms with Crippen molar-refractivity contribution in [2.45, 2.75) is 71.3 Å². The Morgan fingerprint density at radius 1 is 1.07 bits per heavy atom. The van der Waals surface area contributed by atoms with E-state index in [1.54, 1.807) is 19.1 Å². The lowest BCUT2D eigenvalue weighted by Gasteiger charge is -2.40. The van der Waals surface area contributed by atoms with Crippen LogP contribution in [0, 0.1) is 6.92 Å². The summed E-state index contributed by atoms with van der Waals surface area (Å²) >= 11 is 0. The van der Waals surface area contributed by atoms with Crippen molar-refractivity contribution in [1.82, 2.24) is 9.80 Å². The van der Waals surface area contributed by atoms with Crippen LogP contribution in [0.4, 0.5) is 4.79 Å². The van der Waals surface area contributed by atoms with Crippen LogP contribution < -0.4 is 10.4 Å². The molecule has 1 aliphatic rings. The van der Waals surface area contributed by atoms with Gasteiger partial charge in [-0.25, -0.2) is 9.59 Å². The van der Waals surface area contributed by atoms with Gasteiger partial charge >= 0.3 is 17.7 Å². The van der Waals surface area contributed by atoms with Crippen LogP contribution in [-0.2, 0) is 19.6 Å². The number of ether oxygens (including phenoxy) is 2. The van der Waals surface area contributed by atoms with Gasteiger partial charge in [0, 0.05) is 43.6 Å². The molecule has 1 unspecified atom stereocenters. The van der Waals surface area contributed by atoms with Crippen molar-refractivity contribution in [2.24, 2.45) is 0 Å². The van der Waals surface area contributed by atoms with Crippen molar-refractivity contribution in [3.8, 4) is 5.75 Å². The van der Waals surface area contributed by atoms with Gasteiger partial charge in [0.2, 0.25) is 0 Å². The molecule has 222 valence electrons. The highest BCUT2D eigenvalue weighted by atomic mass is 32.2. The molecular weight excluding hydrogens is 540 g/mol. The molecule has 0 saturated carbocycles. The number of hydrogen-bond donors (Lipinski definition) is 1. The van der Waals surface area contributed by atoms with E-state index >= 15 is 0 Å². The topological polar surface area (TPSA) is 144 Å². The van der Waals surface area contributed by atoms with Crippen LogP contribution in [0.5, 0.6) is 5.75 Å². The van der Waals surface area contributed by atoms with Crippen molar-refractivity contribution in [3.05, 3.63) is 40.2 Å². The highest BCUT2D eigenvalue weighted by Gasteiger charge is 2.32. The third kappa shape index (κ3) is 10.2. The third-order valence-corrected chi connectivity index (χ3v) is 7.78. The second kappa shape index (κ2) is 15.2. The summed E-state index contributed by atoms with van der Waals surface area (Å²) in [7, 11) is -4.01. The molecule has 0 radical (unpaired) electrons. The molecule has 11 nitrogen and oxygen atoms in total. The second-order valence-electron chi connectivity index (χ2n) is 10.3. The van der Waals surface area contributed by atoms with Crippen LogP contribution in [0.15, 0.2) is 33.5 Å². The number of unbranched alkanes of at least 4 members (excludes halogenated alkanes) is 5. The number of carbonyl (C=O) groups is 2. The fourth-order valence-electron chi connectivity index (χ4n) is 4.79. The maximum absolute atomic E-state index is 13.2. The summed E-state index contributed by atoms with van der Waals surface area (Å²) in [5.41, 5.74) is 0.576. The van der Waals surface area contributed by atoms with Crippen LogP contribution in [0.25, 0.3) is 11.0 Å². The van der Waals surface area contributed by atoms with Crippen molar-refractivity contribution < 1.29 is 36.5 Å². The Hall–Kier alpha value is -2.96. The maximum Gasteiger partial charge on any atom is 0.415 e. The molecule has 40 heavy (non-hydrogen) atoms. The van der Waals surface area contributed by atoms with Crippen LogP contribution >= 0.6 is 0 Å². The predicted molar refractivity (Wildman–Crippen MR) is 150 cm³/mol. The van der Waals surface area contributed by atoms with E-state index in [1.807, 2.05) is 0 Å². The van der Waals surface area contributed by atoms with Crippen molar-refractivity contribution in [1.29, 1.82) is 0 Å². The van der Waals surface area contributed by atoms with Gasteiger partial charge in [0.25, 0.3) is 10.1 Å². The van der Waals surface area contributed by atoms with Gasteiger partial charge in [0.1, 0.15) is 17.9 Å². The average Bonchev–Trinajstić information content (AvgIpc) is 2.89. The van der Waals surface area contributed by atoms with Gasteiger partial charge in [-0.3, -0.25) is 19.1 Å². The van der Waals surface area contributed by atoms with Gasteiger partial charge in [-0.1, -0.05) is 32.6 Å². The Bertz CT molecular complexity index is 1310. The minimum absolute atomic E-state index is 0.0101. The molecule has 0 aliphatic carbocycles. The van der Waals surface area contributed by atoms with Gasteiger partial charge in [-0.2, -0.15) is 8.42 Å². The standard InChI is InChI=1S/C28H40N2O9S/c1-3-4-5-6-7-10-26(31)37-20-22-19-29(13-8-9-16-40(34,35)36)14-15-30(22)28(33)38-23-11-12-24-21(2)17-27(32)39-25(24)18-23/h11-12,17-18,22H,3-10,13-16,19-20H2,1-2H3,(H,34,35,36). The predicted octanol–water partition coefficient (Wildman–Crippen LogP) is 4.16. The largest absolute Gasteiger partial charge is 0.463 e. The van der Waals surface area contributed by atoms with Crippen LogP contribution in [0.1, 0.15) is 63.9 Å². The molecule has 1 fully saturated rings. The molecule has 0 bridgehead atoms. The summed E-state index contributed by atoms with van der Waals surface area (Å²) in [6, 6.07) is 5.79. The number of hydrogen-bond acceptors (Lipinski definition) is 9. The fourth-order valence-corrected chi connectivity index (χ4v) is 5.36. The molecule has 2 aromatic rings. The van der Waals surface area contributed by atoms with Crippen molar-refractivity contribution in [3.63, 3.8) is 0 Å². The average molecular weight is 581 g/mol. The summed E-state index contributed by atoms with van der Waals surface area (Å²) in [6.45, 7) is 5.76. The zero-order valence-electron chi connectivity index (χ0n) is 23.3. The van der Waals surface area contributed by atoms with Crippen LogP contribution in [0.2, 0.25) is 0 Å². The number of amides is 1. The van der Waals surface area contributed by atoms with E-state index in [0.29, 0.717) is 51.0 Å². The normalized spacial score (nSPS) is 16.3. The van der Waals surface area contributed by atoms with Gasteiger partial charge in [0.05, 0.1) is 11.8 Å². The van der Waals surface area contributed by atoms with E-state index < -0.39 is 27.9 Å². The first-order valence-corrected chi connectivity index (χ1v) is 15.5. The Kier molecular flexibility index (Phi) is 12.0. The first-order chi connectivity index (χ1) is 19.1. The SMILES string of the molecule is CCCCCCCC(=O)OCC1CN(CCCCS(=O)(=O)O)CCN1C(=O)Oc1ccc2c(C)cc(=O)oc2c1.